The second-order valence-electron chi connectivity index (χ2n) is 9.21. The number of aromatic nitrogens is 2. The van der Waals surface area contributed by atoms with E-state index in [-0.39, 0.29) is 35.5 Å². The molecule has 3 heterocycles. The lowest BCUT2D eigenvalue weighted by Crippen LogP contribution is -2.30. The van der Waals surface area contributed by atoms with E-state index < -0.39 is 17.6 Å². The summed E-state index contributed by atoms with van der Waals surface area (Å²) in [7, 11) is 1.97. The molecule has 0 spiro atoms. The molecule has 1 aliphatic rings. The zero-order chi connectivity index (χ0) is 26.7. The van der Waals surface area contributed by atoms with Crippen LogP contribution in [-0.2, 0) is 6.18 Å². The van der Waals surface area contributed by atoms with Crippen LogP contribution in [0.4, 0.5) is 30.4 Å². The summed E-state index contributed by atoms with van der Waals surface area (Å²) in [5.74, 6) is -0.297. The molecule has 0 radical (unpaired) electrons. The SMILES string of the molecule is CN1CCCC1COc1cc(NC(=O)c2cccnc2Nc2cccc3cnccc23)cc(C(F)(F)F)c1. The molecule has 7 nitrogen and oxygen atoms in total. The highest BCUT2D eigenvalue weighted by Gasteiger charge is 2.32. The highest BCUT2D eigenvalue weighted by atomic mass is 19.4. The molecular formula is C28H26F3N5O2. The van der Waals surface area contributed by atoms with Crippen molar-refractivity contribution in [3.05, 3.63) is 84.3 Å². The monoisotopic (exact) mass is 521 g/mol. The summed E-state index contributed by atoms with van der Waals surface area (Å²) in [6.45, 7) is 1.19. The fourth-order valence-corrected chi connectivity index (χ4v) is 4.55. The van der Waals surface area contributed by atoms with Crippen molar-refractivity contribution in [1.29, 1.82) is 0 Å². The van der Waals surface area contributed by atoms with Crippen LogP contribution in [0.15, 0.2) is 73.2 Å². The van der Waals surface area contributed by atoms with Gasteiger partial charge in [0.1, 0.15) is 18.2 Å². The summed E-state index contributed by atoms with van der Waals surface area (Å²) in [6, 6.07) is 14.0. The van der Waals surface area contributed by atoms with Gasteiger partial charge >= 0.3 is 6.18 Å². The van der Waals surface area contributed by atoms with Crippen LogP contribution in [0.3, 0.4) is 0 Å². The first kappa shape index (κ1) is 25.5. The van der Waals surface area contributed by atoms with Gasteiger partial charge in [-0.1, -0.05) is 12.1 Å². The summed E-state index contributed by atoms with van der Waals surface area (Å²) in [6.07, 6.45) is 2.26. The number of pyridine rings is 2. The van der Waals surface area contributed by atoms with Gasteiger partial charge in [-0.3, -0.25) is 9.78 Å². The van der Waals surface area contributed by atoms with Crippen LogP contribution in [0.1, 0.15) is 28.8 Å². The molecule has 0 aliphatic carbocycles. The Hall–Kier alpha value is -4.18. The molecule has 38 heavy (non-hydrogen) atoms. The standard InChI is InChI=1S/C28H26F3N5O2/c1-36-12-4-6-21(36)17-38-22-14-19(28(29,30)31)13-20(15-22)34-27(37)24-7-3-10-33-26(24)35-25-8-2-5-18-16-32-11-9-23(18)25/h2-3,5,7-11,13-16,21H,4,6,12,17H2,1H3,(H,33,35)(H,34,37). The number of amides is 1. The molecule has 4 aromatic rings. The van der Waals surface area contributed by atoms with E-state index >= 15 is 0 Å². The van der Waals surface area contributed by atoms with Crippen molar-refractivity contribution < 1.29 is 22.7 Å². The number of alkyl halides is 3. The number of likely N-dealkylation sites (tertiary alicyclic amines) is 1. The maximum atomic E-state index is 13.6. The van der Waals surface area contributed by atoms with Crippen molar-refractivity contribution in [3.8, 4) is 5.75 Å². The van der Waals surface area contributed by atoms with E-state index in [0.29, 0.717) is 5.69 Å². The van der Waals surface area contributed by atoms with Gasteiger partial charge in [-0.05, 0) is 62.8 Å². The molecule has 1 atom stereocenters. The lowest BCUT2D eigenvalue weighted by atomic mass is 10.1. The number of anilines is 3. The van der Waals surface area contributed by atoms with Crippen LogP contribution >= 0.6 is 0 Å². The number of nitrogens with one attached hydrogen (secondary N) is 2. The zero-order valence-electron chi connectivity index (χ0n) is 20.6. The molecule has 1 fully saturated rings. The number of halogens is 3. The third-order valence-corrected chi connectivity index (χ3v) is 6.59. The predicted octanol–water partition coefficient (Wildman–Crippen LogP) is 6.12. The average molecular weight is 522 g/mol. The molecule has 1 aliphatic heterocycles. The minimum Gasteiger partial charge on any atom is -0.492 e. The Balaban J connectivity index is 1.39. The molecule has 1 saturated heterocycles. The summed E-state index contributed by atoms with van der Waals surface area (Å²) < 4.78 is 46.7. The van der Waals surface area contributed by atoms with Gasteiger partial charge in [0.05, 0.1) is 11.1 Å². The largest absolute Gasteiger partial charge is 0.492 e. The second kappa shape index (κ2) is 10.7. The lowest BCUT2D eigenvalue weighted by molar-refractivity contribution is -0.137. The maximum absolute atomic E-state index is 13.6. The van der Waals surface area contributed by atoms with Crippen molar-refractivity contribution in [2.75, 3.05) is 30.8 Å². The molecule has 10 heteroatoms. The van der Waals surface area contributed by atoms with E-state index in [2.05, 4.69) is 25.5 Å². The number of benzene rings is 2. The smallest absolute Gasteiger partial charge is 0.416 e. The summed E-state index contributed by atoms with van der Waals surface area (Å²) in [5, 5.41) is 7.55. The Morgan fingerprint density at radius 1 is 1.13 bits per heavy atom. The minimum absolute atomic E-state index is 0.0226. The number of carbonyl (C=O) groups excluding carboxylic acids is 1. The van der Waals surface area contributed by atoms with Crippen LogP contribution in [-0.4, -0.2) is 47.0 Å². The summed E-state index contributed by atoms with van der Waals surface area (Å²) >= 11 is 0. The van der Waals surface area contributed by atoms with Crippen molar-refractivity contribution >= 4 is 33.9 Å². The van der Waals surface area contributed by atoms with E-state index in [9.17, 15) is 18.0 Å². The van der Waals surface area contributed by atoms with Crippen molar-refractivity contribution in [3.63, 3.8) is 0 Å². The quantitative estimate of drug-likeness (QED) is 0.305. The highest BCUT2D eigenvalue weighted by molar-refractivity contribution is 6.08. The third-order valence-electron chi connectivity index (χ3n) is 6.59. The predicted molar refractivity (Wildman–Crippen MR) is 140 cm³/mol. The molecule has 2 N–H and O–H groups in total. The van der Waals surface area contributed by atoms with Crippen molar-refractivity contribution in [1.82, 2.24) is 14.9 Å². The molecule has 196 valence electrons. The van der Waals surface area contributed by atoms with Crippen molar-refractivity contribution in [2.24, 2.45) is 0 Å². The summed E-state index contributed by atoms with van der Waals surface area (Å²) in [5.41, 5.74) is -0.0417. The normalized spacial score (nSPS) is 15.9. The number of rotatable bonds is 7. The van der Waals surface area contributed by atoms with Gasteiger partial charge in [0.25, 0.3) is 5.91 Å². The van der Waals surface area contributed by atoms with Gasteiger partial charge in [0, 0.05) is 52.8 Å². The first-order valence-corrected chi connectivity index (χ1v) is 12.2. The van der Waals surface area contributed by atoms with Gasteiger partial charge in [-0.2, -0.15) is 13.2 Å². The first-order valence-electron chi connectivity index (χ1n) is 12.2. The number of ether oxygens (including phenoxy) is 1. The fourth-order valence-electron chi connectivity index (χ4n) is 4.55. The molecule has 0 saturated carbocycles. The molecule has 0 bridgehead atoms. The van der Waals surface area contributed by atoms with E-state index in [4.69, 9.17) is 4.74 Å². The van der Waals surface area contributed by atoms with Crippen LogP contribution in [0.25, 0.3) is 10.8 Å². The molecule has 1 unspecified atom stereocenters. The van der Waals surface area contributed by atoms with E-state index in [1.807, 2.05) is 31.3 Å². The molecule has 2 aromatic carbocycles. The number of hydrogen-bond acceptors (Lipinski definition) is 6. The van der Waals surface area contributed by atoms with E-state index in [1.165, 1.54) is 12.3 Å². The fraction of sp³-hybridized carbons (Fsp3) is 0.250. The molecule has 1 amide bonds. The number of fused-ring (bicyclic) bond motifs is 1. The van der Waals surface area contributed by atoms with Gasteiger partial charge in [0.15, 0.2) is 0 Å². The minimum atomic E-state index is -4.60. The lowest BCUT2D eigenvalue weighted by Gasteiger charge is -2.20. The van der Waals surface area contributed by atoms with Gasteiger partial charge in [-0.15, -0.1) is 0 Å². The Morgan fingerprint density at radius 3 is 2.79 bits per heavy atom. The van der Waals surface area contributed by atoms with Gasteiger partial charge < -0.3 is 20.3 Å². The Kier molecular flexibility index (Phi) is 7.15. The number of likely N-dealkylation sites (N-methyl/N-ethyl adjacent to an activating group) is 1. The molecule has 2 aromatic heterocycles. The Bertz CT molecular complexity index is 1450. The third kappa shape index (κ3) is 5.70. The van der Waals surface area contributed by atoms with Gasteiger partial charge in [-0.25, -0.2) is 4.98 Å². The number of carbonyl (C=O) groups is 1. The first-order chi connectivity index (χ1) is 18.3. The van der Waals surface area contributed by atoms with E-state index in [0.717, 1.165) is 42.3 Å². The average Bonchev–Trinajstić information content (AvgIpc) is 3.32. The van der Waals surface area contributed by atoms with Gasteiger partial charge in [0.2, 0.25) is 0 Å². The Labute approximate surface area is 217 Å². The zero-order valence-corrected chi connectivity index (χ0v) is 20.6. The Morgan fingerprint density at radius 2 is 2.00 bits per heavy atom. The summed E-state index contributed by atoms with van der Waals surface area (Å²) in [4.78, 5) is 23.8. The van der Waals surface area contributed by atoms with Crippen LogP contribution in [0, 0.1) is 0 Å². The maximum Gasteiger partial charge on any atom is 0.416 e. The van der Waals surface area contributed by atoms with Crippen molar-refractivity contribution in [2.45, 2.75) is 25.1 Å². The second-order valence-corrected chi connectivity index (χ2v) is 9.21. The molecule has 5 rings (SSSR count). The highest BCUT2D eigenvalue weighted by Crippen LogP contribution is 2.35. The van der Waals surface area contributed by atoms with Crippen LogP contribution in [0.5, 0.6) is 5.75 Å². The molecular weight excluding hydrogens is 495 g/mol. The topological polar surface area (TPSA) is 79.4 Å². The van der Waals surface area contributed by atoms with E-state index in [1.54, 1.807) is 24.5 Å². The number of hydrogen-bond donors (Lipinski definition) is 2. The van der Waals surface area contributed by atoms with Crippen LogP contribution in [0.2, 0.25) is 0 Å². The van der Waals surface area contributed by atoms with Crippen LogP contribution < -0.4 is 15.4 Å². The number of nitrogens with zero attached hydrogens (tertiary/aromatic N) is 3.